The van der Waals surface area contributed by atoms with Gasteiger partial charge in [-0.2, -0.15) is 4.41 Å². The fourth-order valence-electron chi connectivity index (χ4n) is 1.60. The van der Waals surface area contributed by atoms with E-state index in [4.69, 9.17) is 11.7 Å². The second-order valence-electron chi connectivity index (χ2n) is 4.47. The molecule has 1 aliphatic carbocycles. The van der Waals surface area contributed by atoms with E-state index in [2.05, 4.69) is 6.58 Å². The Morgan fingerprint density at radius 2 is 1.95 bits per heavy atom. The lowest BCUT2D eigenvalue weighted by Crippen LogP contribution is -2.57. The van der Waals surface area contributed by atoms with Crippen molar-refractivity contribution in [1.82, 2.24) is 9.42 Å². The van der Waals surface area contributed by atoms with Gasteiger partial charge in [-0.05, 0) is 12.8 Å². The van der Waals surface area contributed by atoms with E-state index in [1.165, 1.54) is 6.08 Å². The smallest absolute Gasteiger partial charge is 0.275 e. The first-order valence-electron chi connectivity index (χ1n) is 5.71. The number of hydrazine groups is 2. The molecule has 19 heavy (non-hydrogen) atoms. The SMILES string of the molecule is C=CC(C)C(C(=O)N(N)S(=O)(=O)C1CC1)N(N)C=O. The molecule has 0 aromatic carbocycles. The molecular formula is C10H18N4O4S. The summed E-state index contributed by atoms with van der Waals surface area (Å²) in [5, 5.41) is -0.0275. The van der Waals surface area contributed by atoms with E-state index in [1.54, 1.807) is 6.92 Å². The van der Waals surface area contributed by atoms with Crippen LogP contribution in [0, 0.1) is 5.92 Å². The van der Waals surface area contributed by atoms with Gasteiger partial charge in [0.25, 0.3) is 15.9 Å². The first-order chi connectivity index (χ1) is 8.77. The van der Waals surface area contributed by atoms with E-state index in [1.807, 2.05) is 0 Å². The van der Waals surface area contributed by atoms with Gasteiger partial charge in [-0.25, -0.2) is 20.1 Å². The van der Waals surface area contributed by atoms with Crippen LogP contribution in [0.3, 0.4) is 0 Å². The van der Waals surface area contributed by atoms with Gasteiger partial charge in [0.15, 0.2) is 0 Å². The zero-order chi connectivity index (χ0) is 14.8. The van der Waals surface area contributed by atoms with Gasteiger partial charge < -0.3 is 0 Å². The number of nitrogens with zero attached hydrogens (tertiary/aromatic N) is 2. The van der Waals surface area contributed by atoms with Crippen molar-refractivity contribution in [3.63, 3.8) is 0 Å². The van der Waals surface area contributed by atoms with Gasteiger partial charge in [-0.1, -0.05) is 13.0 Å². The van der Waals surface area contributed by atoms with Crippen LogP contribution in [0.1, 0.15) is 19.8 Å². The van der Waals surface area contributed by atoms with Crippen molar-refractivity contribution in [3.05, 3.63) is 12.7 Å². The highest BCUT2D eigenvalue weighted by Gasteiger charge is 2.44. The fraction of sp³-hybridized carbons (Fsp3) is 0.600. The van der Waals surface area contributed by atoms with Gasteiger partial charge >= 0.3 is 0 Å². The van der Waals surface area contributed by atoms with Crippen LogP contribution in [0.15, 0.2) is 12.7 Å². The molecule has 4 N–H and O–H groups in total. The largest absolute Gasteiger partial charge is 0.277 e. The molecule has 0 aromatic rings. The summed E-state index contributed by atoms with van der Waals surface area (Å²) in [5.41, 5.74) is 0. The van der Waals surface area contributed by atoms with Crippen molar-refractivity contribution < 1.29 is 18.0 Å². The number of rotatable bonds is 7. The van der Waals surface area contributed by atoms with Crippen molar-refractivity contribution in [2.24, 2.45) is 17.6 Å². The second-order valence-corrected chi connectivity index (χ2v) is 6.56. The highest BCUT2D eigenvalue weighted by Crippen LogP contribution is 2.30. The number of hydrogen-bond acceptors (Lipinski definition) is 6. The Morgan fingerprint density at radius 1 is 1.42 bits per heavy atom. The maximum atomic E-state index is 12.1. The second kappa shape index (κ2) is 5.68. The normalized spacial score (nSPS) is 18.3. The Hall–Kier alpha value is -1.45. The summed E-state index contributed by atoms with van der Waals surface area (Å²) in [6, 6.07) is -1.20. The van der Waals surface area contributed by atoms with Crippen molar-refractivity contribution >= 4 is 22.3 Å². The zero-order valence-corrected chi connectivity index (χ0v) is 11.4. The summed E-state index contributed by atoms with van der Waals surface area (Å²) in [5.74, 6) is 9.28. The monoisotopic (exact) mass is 290 g/mol. The molecule has 0 bridgehead atoms. The molecule has 0 aromatic heterocycles. The zero-order valence-electron chi connectivity index (χ0n) is 10.6. The van der Waals surface area contributed by atoms with Crippen LogP contribution >= 0.6 is 0 Å². The van der Waals surface area contributed by atoms with Crippen molar-refractivity contribution in [1.29, 1.82) is 0 Å². The van der Waals surface area contributed by atoms with Gasteiger partial charge in [0.2, 0.25) is 6.41 Å². The molecule has 1 aliphatic rings. The number of sulfonamides is 1. The van der Waals surface area contributed by atoms with E-state index in [0.717, 1.165) is 0 Å². The van der Waals surface area contributed by atoms with Crippen LogP contribution < -0.4 is 11.7 Å². The van der Waals surface area contributed by atoms with E-state index in [-0.39, 0.29) is 10.8 Å². The topological polar surface area (TPSA) is 127 Å². The Kier molecular flexibility index (Phi) is 4.66. The number of nitrogens with two attached hydrogens (primary N) is 2. The molecule has 0 spiro atoms. The average Bonchev–Trinajstić information content (AvgIpc) is 3.21. The minimum atomic E-state index is -3.86. The number of amides is 2. The van der Waals surface area contributed by atoms with E-state index >= 15 is 0 Å². The summed E-state index contributed by atoms with van der Waals surface area (Å²) in [7, 11) is -3.86. The lowest BCUT2D eigenvalue weighted by Gasteiger charge is -2.29. The number of carbonyl (C=O) groups excluding carboxylic acids is 2. The molecule has 0 saturated heterocycles. The number of hydrogen-bond donors (Lipinski definition) is 2. The Bertz CT molecular complexity index is 460. The maximum Gasteiger partial charge on any atom is 0.275 e. The molecule has 0 heterocycles. The summed E-state index contributed by atoms with van der Waals surface area (Å²) >= 11 is 0. The highest BCUT2D eigenvalue weighted by molar-refractivity contribution is 7.90. The standard InChI is InChI=1S/C10H18N4O4S/c1-3-7(2)9(13(11)6-15)10(16)14(12)19(17,18)8-4-5-8/h3,6-9H,1,4-5,11-12H2,2H3. The van der Waals surface area contributed by atoms with E-state index in [0.29, 0.717) is 17.9 Å². The van der Waals surface area contributed by atoms with Gasteiger partial charge in [0.1, 0.15) is 6.04 Å². The third kappa shape index (κ3) is 3.11. The lowest BCUT2D eigenvalue weighted by molar-refractivity contribution is -0.138. The Labute approximate surface area is 112 Å². The van der Waals surface area contributed by atoms with Crippen LogP contribution in [0.5, 0.6) is 0 Å². The molecule has 108 valence electrons. The summed E-state index contributed by atoms with van der Waals surface area (Å²) in [6.07, 6.45) is 2.58. The van der Waals surface area contributed by atoms with Gasteiger partial charge in [-0.15, -0.1) is 6.58 Å². The van der Waals surface area contributed by atoms with Crippen LogP contribution in [0.25, 0.3) is 0 Å². The van der Waals surface area contributed by atoms with Crippen LogP contribution in [-0.2, 0) is 19.6 Å². The molecule has 2 amide bonds. The third-order valence-electron chi connectivity index (χ3n) is 3.00. The first kappa shape index (κ1) is 15.6. The van der Waals surface area contributed by atoms with E-state index in [9.17, 15) is 18.0 Å². The molecule has 1 rings (SSSR count). The molecule has 2 atom stereocenters. The molecule has 1 saturated carbocycles. The van der Waals surface area contributed by atoms with Crippen molar-refractivity contribution in [2.45, 2.75) is 31.1 Å². The van der Waals surface area contributed by atoms with Gasteiger partial charge in [-0.3, -0.25) is 14.6 Å². The fourth-order valence-corrected chi connectivity index (χ4v) is 3.01. The van der Waals surface area contributed by atoms with E-state index < -0.39 is 33.1 Å². The van der Waals surface area contributed by atoms with Crippen molar-refractivity contribution in [2.75, 3.05) is 0 Å². The third-order valence-corrected chi connectivity index (χ3v) is 5.04. The summed E-state index contributed by atoms with van der Waals surface area (Å²) < 4.78 is 23.9. The lowest BCUT2D eigenvalue weighted by atomic mass is 10.0. The molecule has 0 aliphatic heterocycles. The van der Waals surface area contributed by atoms with Crippen LogP contribution in [-0.4, -0.2) is 41.4 Å². The molecule has 8 nitrogen and oxygen atoms in total. The average molecular weight is 290 g/mol. The minimum absolute atomic E-state index is 0.193. The molecule has 9 heteroatoms. The maximum absolute atomic E-state index is 12.1. The quantitative estimate of drug-likeness (QED) is 0.197. The molecule has 1 fully saturated rings. The van der Waals surface area contributed by atoms with Crippen LogP contribution in [0.2, 0.25) is 0 Å². The van der Waals surface area contributed by atoms with Crippen molar-refractivity contribution in [3.8, 4) is 0 Å². The predicted molar refractivity (Wildman–Crippen MR) is 68.2 cm³/mol. The summed E-state index contributed by atoms with van der Waals surface area (Å²) in [6.45, 7) is 5.07. The van der Waals surface area contributed by atoms with Gasteiger partial charge in [0, 0.05) is 5.92 Å². The molecule has 2 unspecified atom stereocenters. The van der Waals surface area contributed by atoms with Gasteiger partial charge in [0.05, 0.1) is 5.25 Å². The molecular weight excluding hydrogens is 272 g/mol. The highest BCUT2D eigenvalue weighted by atomic mass is 32.2. The Balaban J connectivity index is 2.99. The minimum Gasteiger partial charge on any atom is -0.277 e. The summed E-state index contributed by atoms with van der Waals surface area (Å²) in [4.78, 5) is 22.8. The van der Waals surface area contributed by atoms with Crippen LogP contribution in [0.4, 0.5) is 0 Å². The molecule has 0 radical (unpaired) electrons. The number of carbonyl (C=O) groups is 2. The Morgan fingerprint density at radius 3 is 2.32 bits per heavy atom. The predicted octanol–water partition coefficient (Wildman–Crippen LogP) is -1.30. The first-order valence-corrected chi connectivity index (χ1v) is 7.21.